The van der Waals surface area contributed by atoms with Crippen LogP contribution in [0.25, 0.3) is 22.2 Å². The van der Waals surface area contributed by atoms with E-state index in [4.69, 9.17) is 11.6 Å². The van der Waals surface area contributed by atoms with E-state index in [1.807, 2.05) is 12.1 Å². The van der Waals surface area contributed by atoms with E-state index >= 15 is 0 Å². The van der Waals surface area contributed by atoms with Crippen molar-refractivity contribution in [3.8, 4) is 11.3 Å². The SMILES string of the molecule is O=C(O)c1cc(-c2ccc(Cl)cc2)nc2cc(Br)ccc12. The van der Waals surface area contributed by atoms with Gasteiger partial charge < -0.3 is 5.11 Å². The van der Waals surface area contributed by atoms with E-state index in [2.05, 4.69) is 20.9 Å². The first-order chi connectivity index (χ1) is 10.0. The average molecular weight is 363 g/mol. The van der Waals surface area contributed by atoms with Crippen LogP contribution in [-0.2, 0) is 0 Å². The molecule has 0 unspecified atom stereocenters. The first-order valence-corrected chi connectivity index (χ1v) is 7.31. The Morgan fingerprint density at radius 2 is 1.81 bits per heavy atom. The first kappa shape index (κ1) is 14.0. The van der Waals surface area contributed by atoms with Crippen LogP contribution in [0, 0.1) is 0 Å². The summed E-state index contributed by atoms with van der Waals surface area (Å²) in [6, 6.07) is 14.1. The van der Waals surface area contributed by atoms with Crippen LogP contribution in [0.5, 0.6) is 0 Å². The molecule has 0 fully saturated rings. The highest BCUT2D eigenvalue weighted by Gasteiger charge is 2.13. The van der Waals surface area contributed by atoms with Crippen molar-refractivity contribution in [1.82, 2.24) is 4.98 Å². The molecule has 104 valence electrons. The van der Waals surface area contributed by atoms with E-state index in [-0.39, 0.29) is 5.56 Å². The second-order valence-corrected chi connectivity index (χ2v) is 5.88. The molecule has 2 aromatic carbocycles. The number of hydrogen-bond donors (Lipinski definition) is 1. The lowest BCUT2D eigenvalue weighted by molar-refractivity contribution is 0.0699. The highest BCUT2D eigenvalue weighted by molar-refractivity contribution is 9.10. The van der Waals surface area contributed by atoms with Gasteiger partial charge in [0.2, 0.25) is 0 Å². The highest BCUT2D eigenvalue weighted by Crippen LogP contribution is 2.27. The summed E-state index contributed by atoms with van der Waals surface area (Å²) in [6.07, 6.45) is 0. The minimum Gasteiger partial charge on any atom is -0.478 e. The molecule has 0 aliphatic rings. The molecule has 0 bridgehead atoms. The van der Waals surface area contributed by atoms with E-state index in [0.29, 0.717) is 21.6 Å². The summed E-state index contributed by atoms with van der Waals surface area (Å²) in [6.45, 7) is 0. The fourth-order valence-electron chi connectivity index (χ4n) is 2.15. The van der Waals surface area contributed by atoms with Gasteiger partial charge in [-0.3, -0.25) is 0 Å². The number of aromatic nitrogens is 1. The zero-order chi connectivity index (χ0) is 15.0. The molecule has 0 spiro atoms. The number of halogens is 2. The topological polar surface area (TPSA) is 50.2 Å². The molecule has 5 heteroatoms. The van der Waals surface area contributed by atoms with Crippen molar-refractivity contribution in [2.75, 3.05) is 0 Å². The van der Waals surface area contributed by atoms with Gasteiger partial charge in [-0.15, -0.1) is 0 Å². The number of carboxylic acids is 1. The zero-order valence-corrected chi connectivity index (χ0v) is 13.0. The third-order valence-electron chi connectivity index (χ3n) is 3.14. The number of pyridine rings is 1. The van der Waals surface area contributed by atoms with Crippen LogP contribution in [0.2, 0.25) is 5.02 Å². The van der Waals surface area contributed by atoms with Crippen LogP contribution in [-0.4, -0.2) is 16.1 Å². The van der Waals surface area contributed by atoms with Gasteiger partial charge in [0.25, 0.3) is 0 Å². The molecular formula is C16H9BrClNO2. The van der Waals surface area contributed by atoms with Crippen LogP contribution in [0.15, 0.2) is 53.0 Å². The predicted molar refractivity (Wildman–Crippen MR) is 86.8 cm³/mol. The number of nitrogens with zero attached hydrogens (tertiary/aromatic N) is 1. The molecule has 1 N–H and O–H groups in total. The van der Waals surface area contributed by atoms with E-state index in [1.54, 1.807) is 36.4 Å². The molecular weight excluding hydrogens is 354 g/mol. The van der Waals surface area contributed by atoms with Crippen molar-refractivity contribution in [3.63, 3.8) is 0 Å². The third-order valence-corrected chi connectivity index (χ3v) is 3.89. The van der Waals surface area contributed by atoms with E-state index in [9.17, 15) is 9.90 Å². The summed E-state index contributed by atoms with van der Waals surface area (Å²) in [5, 5.41) is 10.6. The number of carbonyl (C=O) groups is 1. The molecule has 3 nitrogen and oxygen atoms in total. The molecule has 1 heterocycles. The molecule has 0 radical (unpaired) electrons. The number of rotatable bonds is 2. The molecule has 0 saturated heterocycles. The zero-order valence-electron chi connectivity index (χ0n) is 10.7. The summed E-state index contributed by atoms with van der Waals surface area (Å²) in [5.41, 5.74) is 2.30. The van der Waals surface area contributed by atoms with Crippen LogP contribution >= 0.6 is 27.5 Å². The third kappa shape index (κ3) is 2.77. The smallest absolute Gasteiger partial charge is 0.336 e. The molecule has 0 saturated carbocycles. The van der Waals surface area contributed by atoms with Crippen molar-refractivity contribution < 1.29 is 9.90 Å². The molecule has 0 aliphatic heterocycles. The standard InChI is InChI=1S/C16H9BrClNO2/c17-10-3-6-12-13(16(20)21)8-14(19-15(12)7-10)9-1-4-11(18)5-2-9/h1-8H,(H,20,21). The van der Waals surface area contributed by atoms with Gasteiger partial charge in [-0.2, -0.15) is 0 Å². The first-order valence-electron chi connectivity index (χ1n) is 6.14. The average Bonchev–Trinajstić information content (AvgIpc) is 2.46. The summed E-state index contributed by atoms with van der Waals surface area (Å²) in [5.74, 6) is -0.972. The maximum absolute atomic E-state index is 11.5. The van der Waals surface area contributed by atoms with Crippen LogP contribution < -0.4 is 0 Å². The summed E-state index contributed by atoms with van der Waals surface area (Å²) in [4.78, 5) is 16.0. The lowest BCUT2D eigenvalue weighted by Crippen LogP contribution is -2.00. The van der Waals surface area contributed by atoms with Crippen LogP contribution in [0.4, 0.5) is 0 Å². The Labute approximate surface area is 134 Å². The van der Waals surface area contributed by atoms with E-state index in [1.165, 1.54) is 0 Å². The van der Waals surface area contributed by atoms with Crippen LogP contribution in [0.1, 0.15) is 10.4 Å². The molecule has 1 aromatic heterocycles. The largest absolute Gasteiger partial charge is 0.478 e. The van der Waals surface area contributed by atoms with Gasteiger partial charge in [0, 0.05) is 20.4 Å². The Bertz CT molecular complexity index is 847. The van der Waals surface area contributed by atoms with Gasteiger partial charge in [-0.25, -0.2) is 9.78 Å². The molecule has 3 aromatic rings. The Balaban J connectivity index is 2.29. The molecule has 3 rings (SSSR count). The van der Waals surface area contributed by atoms with E-state index in [0.717, 1.165) is 10.0 Å². The minimum absolute atomic E-state index is 0.234. The van der Waals surface area contributed by atoms with Crippen molar-refractivity contribution in [2.24, 2.45) is 0 Å². The molecule has 0 aliphatic carbocycles. The summed E-state index contributed by atoms with van der Waals surface area (Å²) < 4.78 is 0.854. The van der Waals surface area contributed by atoms with Crippen molar-refractivity contribution in [1.29, 1.82) is 0 Å². The summed E-state index contributed by atoms with van der Waals surface area (Å²) >= 11 is 9.26. The lowest BCUT2D eigenvalue weighted by Gasteiger charge is -2.07. The molecule has 0 amide bonds. The van der Waals surface area contributed by atoms with Gasteiger partial charge in [0.1, 0.15) is 0 Å². The van der Waals surface area contributed by atoms with Crippen molar-refractivity contribution in [2.45, 2.75) is 0 Å². The number of carboxylic acid groups (broad SMARTS) is 1. The van der Waals surface area contributed by atoms with Gasteiger partial charge >= 0.3 is 5.97 Å². The Kier molecular flexibility index (Phi) is 3.66. The highest BCUT2D eigenvalue weighted by atomic mass is 79.9. The maximum Gasteiger partial charge on any atom is 0.336 e. The fourth-order valence-corrected chi connectivity index (χ4v) is 2.62. The normalized spacial score (nSPS) is 10.8. The number of aromatic carboxylic acids is 1. The van der Waals surface area contributed by atoms with Crippen molar-refractivity contribution >= 4 is 44.4 Å². The van der Waals surface area contributed by atoms with Crippen molar-refractivity contribution in [3.05, 3.63) is 63.6 Å². The number of benzene rings is 2. The quantitative estimate of drug-likeness (QED) is 0.696. The Hall–Kier alpha value is -1.91. The van der Waals surface area contributed by atoms with E-state index < -0.39 is 5.97 Å². The molecule has 21 heavy (non-hydrogen) atoms. The lowest BCUT2D eigenvalue weighted by atomic mass is 10.0. The van der Waals surface area contributed by atoms with Gasteiger partial charge in [-0.1, -0.05) is 45.7 Å². The van der Waals surface area contributed by atoms with Gasteiger partial charge in [0.05, 0.1) is 16.8 Å². The second kappa shape index (κ2) is 5.47. The predicted octanol–water partition coefficient (Wildman–Crippen LogP) is 5.02. The van der Waals surface area contributed by atoms with Crippen LogP contribution in [0.3, 0.4) is 0 Å². The number of hydrogen-bond acceptors (Lipinski definition) is 2. The minimum atomic E-state index is -0.972. The molecule has 0 atom stereocenters. The Morgan fingerprint density at radius 1 is 1.10 bits per heavy atom. The Morgan fingerprint density at radius 3 is 2.48 bits per heavy atom. The van der Waals surface area contributed by atoms with Gasteiger partial charge in [-0.05, 0) is 30.3 Å². The van der Waals surface area contributed by atoms with Gasteiger partial charge in [0.15, 0.2) is 0 Å². The summed E-state index contributed by atoms with van der Waals surface area (Å²) in [7, 11) is 0. The maximum atomic E-state index is 11.5. The monoisotopic (exact) mass is 361 g/mol. The fraction of sp³-hybridized carbons (Fsp3) is 0. The second-order valence-electron chi connectivity index (χ2n) is 4.53. The number of fused-ring (bicyclic) bond motifs is 1.